The van der Waals surface area contributed by atoms with Gasteiger partial charge in [-0.2, -0.15) is 0 Å². The summed E-state index contributed by atoms with van der Waals surface area (Å²) in [5, 5.41) is 9.27. The van der Waals surface area contributed by atoms with Gasteiger partial charge in [-0.25, -0.2) is 4.79 Å². The minimum absolute atomic E-state index is 0.205. The van der Waals surface area contributed by atoms with Gasteiger partial charge in [0.15, 0.2) is 0 Å². The number of nitrogens with zero attached hydrogens (tertiary/aromatic N) is 2. The fourth-order valence-corrected chi connectivity index (χ4v) is 3.15. The van der Waals surface area contributed by atoms with Crippen molar-refractivity contribution in [3.8, 4) is 0 Å². The zero-order chi connectivity index (χ0) is 15.6. The van der Waals surface area contributed by atoms with E-state index in [0.717, 1.165) is 43.9 Å². The minimum atomic E-state index is -0.961. The summed E-state index contributed by atoms with van der Waals surface area (Å²) in [6.07, 6.45) is 1.12. The van der Waals surface area contributed by atoms with Gasteiger partial charge in [-0.05, 0) is 44.1 Å². The van der Waals surface area contributed by atoms with Crippen molar-refractivity contribution in [1.82, 2.24) is 4.90 Å². The Bertz CT molecular complexity index is 526. The lowest BCUT2D eigenvalue weighted by Gasteiger charge is -2.27. The Morgan fingerprint density at radius 1 is 1.43 bits per heavy atom. The Morgan fingerprint density at radius 2 is 2.10 bits per heavy atom. The highest BCUT2D eigenvalue weighted by molar-refractivity contribution is 5.95. The summed E-state index contributed by atoms with van der Waals surface area (Å²) in [5.74, 6) is -0.961. The molecule has 1 aliphatic rings. The predicted molar refractivity (Wildman–Crippen MR) is 86.1 cm³/mol. The summed E-state index contributed by atoms with van der Waals surface area (Å²) in [6.45, 7) is 10.2. The van der Waals surface area contributed by atoms with Crippen LogP contribution in [0.3, 0.4) is 0 Å². The highest BCUT2D eigenvalue weighted by Crippen LogP contribution is 2.29. The molecule has 0 saturated carbocycles. The molecule has 1 atom stereocenters. The van der Waals surface area contributed by atoms with E-state index >= 15 is 0 Å². The molecule has 5 nitrogen and oxygen atoms in total. The maximum Gasteiger partial charge on any atom is 0.337 e. The second-order valence-electron chi connectivity index (χ2n) is 5.64. The van der Waals surface area contributed by atoms with Crippen molar-refractivity contribution in [2.45, 2.75) is 33.2 Å². The Hall–Kier alpha value is -1.75. The van der Waals surface area contributed by atoms with Crippen molar-refractivity contribution in [3.05, 3.63) is 23.3 Å². The van der Waals surface area contributed by atoms with Crippen LogP contribution in [0.5, 0.6) is 0 Å². The number of aryl methyl sites for hydroxylation is 1. The van der Waals surface area contributed by atoms with E-state index in [0.29, 0.717) is 11.7 Å². The molecule has 0 radical (unpaired) electrons. The van der Waals surface area contributed by atoms with E-state index in [1.54, 1.807) is 6.07 Å². The third-order valence-corrected chi connectivity index (χ3v) is 4.46. The number of carboxylic acids is 1. The van der Waals surface area contributed by atoms with Crippen LogP contribution < -0.4 is 10.6 Å². The lowest BCUT2D eigenvalue weighted by molar-refractivity contribution is 0.0698. The van der Waals surface area contributed by atoms with Crippen molar-refractivity contribution in [3.63, 3.8) is 0 Å². The summed E-state index contributed by atoms with van der Waals surface area (Å²) < 4.78 is 0. The van der Waals surface area contributed by atoms with Gasteiger partial charge in [0.05, 0.1) is 5.56 Å². The Labute approximate surface area is 126 Å². The molecule has 3 N–H and O–H groups in total. The summed E-state index contributed by atoms with van der Waals surface area (Å²) in [6, 6.07) is 4.24. The van der Waals surface area contributed by atoms with Crippen LogP contribution >= 0.6 is 0 Å². The number of anilines is 2. The third-order valence-electron chi connectivity index (χ3n) is 4.46. The van der Waals surface area contributed by atoms with Crippen LogP contribution in [0, 0.1) is 6.92 Å². The Balaban J connectivity index is 2.22. The van der Waals surface area contributed by atoms with Gasteiger partial charge in [0, 0.05) is 30.5 Å². The van der Waals surface area contributed by atoms with Gasteiger partial charge in [-0.15, -0.1) is 0 Å². The van der Waals surface area contributed by atoms with Gasteiger partial charge in [-0.3, -0.25) is 4.90 Å². The maximum absolute atomic E-state index is 11.3. The molecular weight excluding hydrogens is 266 g/mol. The molecule has 0 amide bonds. The number of likely N-dealkylation sites (N-methyl/N-ethyl adjacent to an activating group) is 1. The van der Waals surface area contributed by atoms with Crippen molar-refractivity contribution in [2.24, 2.45) is 0 Å². The SMILES string of the molecule is CCN(CC)C1CCN(c2cc(C)c(N)c(C(=O)O)c2)C1. The average Bonchev–Trinajstić information content (AvgIpc) is 2.92. The lowest BCUT2D eigenvalue weighted by Crippen LogP contribution is -2.37. The number of hydrogen-bond acceptors (Lipinski definition) is 4. The monoisotopic (exact) mass is 291 g/mol. The van der Waals surface area contributed by atoms with Crippen LogP contribution in [0.25, 0.3) is 0 Å². The van der Waals surface area contributed by atoms with E-state index in [2.05, 4.69) is 23.6 Å². The maximum atomic E-state index is 11.3. The molecule has 1 unspecified atom stereocenters. The van der Waals surface area contributed by atoms with Crippen LogP contribution in [0.15, 0.2) is 12.1 Å². The quantitative estimate of drug-likeness (QED) is 0.814. The van der Waals surface area contributed by atoms with Gasteiger partial charge < -0.3 is 15.7 Å². The van der Waals surface area contributed by atoms with E-state index in [9.17, 15) is 9.90 Å². The number of nitrogen functional groups attached to an aromatic ring is 1. The minimum Gasteiger partial charge on any atom is -0.478 e. The number of rotatable bonds is 5. The van der Waals surface area contributed by atoms with Crippen molar-refractivity contribution >= 4 is 17.3 Å². The number of nitrogens with two attached hydrogens (primary N) is 1. The normalized spacial score (nSPS) is 18.5. The first kappa shape index (κ1) is 15.6. The molecule has 0 bridgehead atoms. The summed E-state index contributed by atoms with van der Waals surface area (Å²) >= 11 is 0. The van der Waals surface area contributed by atoms with Gasteiger partial charge >= 0.3 is 5.97 Å². The van der Waals surface area contributed by atoms with Crippen LogP contribution in [0.2, 0.25) is 0 Å². The number of carboxylic acid groups (broad SMARTS) is 1. The first-order chi connectivity index (χ1) is 9.97. The molecule has 0 aromatic heterocycles. The molecule has 5 heteroatoms. The third kappa shape index (κ3) is 3.13. The highest BCUT2D eigenvalue weighted by atomic mass is 16.4. The Kier molecular flexibility index (Phi) is 4.73. The smallest absolute Gasteiger partial charge is 0.337 e. The van der Waals surface area contributed by atoms with Gasteiger partial charge in [0.2, 0.25) is 0 Å². The van der Waals surface area contributed by atoms with E-state index in [1.165, 1.54) is 0 Å². The van der Waals surface area contributed by atoms with Gasteiger partial charge in [0.25, 0.3) is 0 Å². The van der Waals surface area contributed by atoms with Crippen LogP contribution in [0.1, 0.15) is 36.2 Å². The highest BCUT2D eigenvalue weighted by Gasteiger charge is 2.27. The zero-order valence-electron chi connectivity index (χ0n) is 13.1. The summed E-state index contributed by atoms with van der Waals surface area (Å²) in [4.78, 5) is 16.0. The number of carbonyl (C=O) groups is 1. The molecule has 1 saturated heterocycles. The molecule has 1 aromatic rings. The van der Waals surface area contributed by atoms with Gasteiger partial charge in [-0.1, -0.05) is 13.8 Å². The molecule has 1 aromatic carbocycles. The molecule has 0 spiro atoms. The first-order valence-electron chi connectivity index (χ1n) is 7.60. The van der Waals surface area contributed by atoms with E-state index < -0.39 is 5.97 Å². The predicted octanol–water partition coefficient (Wildman–Crippen LogP) is 2.20. The lowest BCUT2D eigenvalue weighted by atomic mass is 10.1. The average molecular weight is 291 g/mol. The second-order valence-corrected chi connectivity index (χ2v) is 5.64. The van der Waals surface area contributed by atoms with Crippen LogP contribution in [-0.2, 0) is 0 Å². The fourth-order valence-electron chi connectivity index (χ4n) is 3.15. The molecule has 0 aliphatic carbocycles. The molecule has 1 heterocycles. The molecule has 21 heavy (non-hydrogen) atoms. The van der Waals surface area contributed by atoms with Crippen molar-refractivity contribution in [1.29, 1.82) is 0 Å². The Morgan fingerprint density at radius 3 is 2.67 bits per heavy atom. The van der Waals surface area contributed by atoms with E-state index in [4.69, 9.17) is 5.73 Å². The number of aromatic carboxylic acids is 1. The summed E-state index contributed by atoms with van der Waals surface area (Å²) in [5.41, 5.74) is 8.23. The van der Waals surface area contributed by atoms with Crippen molar-refractivity contribution < 1.29 is 9.90 Å². The summed E-state index contributed by atoms with van der Waals surface area (Å²) in [7, 11) is 0. The molecule has 1 aliphatic heterocycles. The molecular formula is C16H25N3O2. The molecule has 2 rings (SSSR count). The van der Waals surface area contributed by atoms with Gasteiger partial charge in [0.1, 0.15) is 0 Å². The number of hydrogen-bond donors (Lipinski definition) is 2. The zero-order valence-corrected chi connectivity index (χ0v) is 13.1. The topological polar surface area (TPSA) is 69.8 Å². The van der Waals surface area contributed by atoms with E-state index in [1.807, 2.05) is 13.0 Å². The van der Waals surface area contributed by atoms with E-state index in [-0.39, 0.29) is 5.56 Å². The standard InChI is InChI=1S/C16H25N3O2/c1-4-18(5-2)12-6-7-19(10-12)13-8-11(3)15(17)14(9-13)16(20)21/h8-9,12H,4-7,10,17H2,1-3H3,(H,20,21). The second kappa shape index (κ2) is 6.35. The van der Waals surface area contributed by atoms with Crippen molar-refractivity contribution in [2.75, 3.05) is 36.8 Å². The van der Waals surface area contributed by atoms with Crippen LogP contribution in [-0.4, -0.2) is 48.2 Å². The molecule has 1 fully saturated rings. The fraction of sp³-hybridized carbons (Fsp3) is 0.562. The van der Waals surface area contributed by atoms with Crippen LogP contribution in [0.4, 0.5) is 11.4 Å². The largest absolute Gasteiger partial charge is 0.478 e. The number of benzene rings is 1. The molecule has 116 valence electrons. The first-order valence-corrected chi connectivity index (χ1v) is 7.60.